The van der Waals surface area contributed by atoms with E-state index in [-0.39, 0.29) is 18.0 Å². The molecule has 6 heteroatoms. The molecule has 1 saturated heterocycles. The van der Waals surface area contributed by atoms with Crippen molar-refractivity contribution >= 4 is 28.9 Å². The van der Waals surface area contributed by atoms with E-state index >= 15 is 0 Å². The highest BCUT2D eigenvalue weighted by atomic mass is 16.2. The van der Waals surface area contributed by atoms with Crippen molar-refractivity contribution in [1.29, 1.82) is 0 Å². The highest BCUT2D eigenvalue weighted by Crippen LogP contribution is 2.29. The number of aromatic nitrogens is 2. The van der Waals surface area contributed by atoms with Crippen molar-refractivity contribution in [1.82, 2.24) is 14.5 Å². The molecule has 2 aliphatic rings. The Morgan fingerprint density at radius 3 is 2.82 bits per heavy atom. The van der Waals surface area contributed by atoms with Crippen molar-refractivity contribution in [3.8, 4) is 0 Å². The summed E-state index contributed by atoms with van der Waals surface area (Å²) in [6.07, 6.45) is 4.59. The lowest BCUT2D eigenvalue weighted by atomic mass is 10.0. The van der Waals surface area contributed by atoms with Crippen molar-refractivity contribution < 1.29 is 9.59 Å². The van der Waals surface area contributed by atoms with Crippen LogP contribution in [0.25, 0.3) is 17.1 Å². The van der Waals surface area contributed by atoms with Gasteiger partial charge >= 0.3 is 5.69 Å². The fraction of sp³-hybridized carbons (Fsp3) is 0.312. The zero-order valence-electron chi connectivity index (χ0n) is 12.1. The highest BCUT2D eigenvalue weighted by Gasteiger charge is 2.32. The standard InChI is InChI=1S/C16H15N3O3/c1-9-4-5-11-14-10(9)3-2-8-18(14)16(22)19(11)12-6-7-13(20)17-15(12)21/h2-5,12H,6-8H2,1H3,(H,17,20,21). The van der Waals surface area contributed by atoms with E-state index < -0.39 is 11.9 Å². The van der Waals surface area contributed by atoms with Crippen molar-refractivity contribution in [3.05, 3.63) is 39.8 Å². The fourth-order valence-electron chi connectivity index (χ4n) is 3.39. The largest absolute Gasteiger partial charge is 0.330 e. The number of hydrogen-bond acceptors (Lipinski definition) is 3. The molecule has 2 aromatic rings. The van der Waals surface area contributed by atoms with Crippen molar-refractivity contribution in [2.75, 3.05) is 0 Å². The van der Waals surface area contributed by atoms with Crippen LogP contribution in [0.1, 0.15) is 30.0 Å². The summed E-state index contributed by atoms with van der Waals surface area (Å²) >= 11 is 0. The number of imide groups is 1. The summed E-state index contributed by atoms with van der Waals surface area (Å²) in [7, 11) is 0. The first kappa shape index (κ1) is 13.1. The van der Waals surface area contributed by atoms with Crippen molar-refractivity contribution in [2.45, 2.75) is 32.4 Å². The van der Waals surface area contributed by atoms with E-state index in [9.17, 15) is 14.4 Å². The molecule has 3 heterocycles. The number of carbonyl (C=O) groups is 2. The molecular weight excluding hydrogens is 282 g/mol. The maximum absolute atomic E-state index is 12.8. The van der Waals surface area contributed by atoms with E-state index in [0.717, 1.165) is 22.2 Å². The van der Waals surface area contributed by atoms with Gasteiger partial charge in [0, 0.05) is 18.5 Å². The minimum atomic E-state index is -0.623. The molecule has 0 saturated carbocycles. The molecule has 2 amide bonds. The highest BCUT2D eigenvalue weighted by molar-refractivity contribution is 6.00. The molecule has 2 aliphatic heterocycles. The van der Waals surface area contributed by atoms with Crippen LogP contribution in [0.4, 0.5) is 0 Å². The van der Waals surface area contributed by atoms with Gasteiger partial charge in [0.25, 0.3) is 0 Å². The fourth-order valence-corrected chi connectivity index (χ4v) is 3.39. The van der Waals surface area contributed by atoms with Gasteiger partial charge in [-0.05, 0) is 25.0 Å². The third kappa shape index (κ3) is 1.63. The molecule has 1 N–H and O–H groups in total. The summed E-state index contributed by atoms with van der Waals surface area (Å²) in [6, 6.07) is 3.22. The SMILES string of the molecule is Cc1ccc2c3c1C=CCn3c(=O)n2C1CCC(=O)NC1=O. The lowest BCUT2D eigenvalue weighted by Gasteiger charge is -2.22. The number of hydrogen-bond donors (Lipinski definition) is 1. The molecule has 1 unspecified atom stereocenters. The number of benzene rings is 1. The monoisotopic (exact) mass is 297 g/mol. The summed E-state index contributed by atoms with van der Waals surface area (Å²) in [5.41, 5.74) is 3.55. The number of piperidine rings is 1. The van der Waals surface area contributed by atoms with E-state index in [1.807, 2.05) is 31.2 Å². The molecule has 0 spiro atoms. The van der Waals surface area contributed by atoms with E-state index in [1.165, 1.54) is 4.57 Å². The number of aryl methyl sites for hydroxylation is 1. The second kappa shape index (κ2) is 4.43. The quantitative estimate of drug-likeness (QED) is 0.802. The zero-order chi connectivity index (χ0) is 15.4. The van der Waals surface area contributed by atoms with E-state index in [0.29, 0.717) is 13.0 Å². The number of rotatable bonds is 1. The molecule has 112 valence electrons. The maximum Gasteiger partial charge on any atom is 0.330 e. The Morgan fingerprint density at radius 1 is 1.23 bits per heavy atom. The van der Waals surface area contributed by atoms with Crippen LogP contribution in [0.5, 0.6) is 0 Å². The third-order valence-corrected chi connectivity index (χ3v) is 4.47. The third-order valence-electron chi connectivity index (χ3n) is 4.47. The van der Waals surface area contributed by atoms with Gasteiger partial charge in [-0.1, -0.05) is 18.2 Å². The van der Waals surface area contributed by atoms with Crippen LogP contribution in [-0.4, -0.2) is 20.9 Å². The Balaban J connectivity index is 1.99. The molecule has 22 heavy (non-hydrogen) atoms. The second-order valence-corrected chi connectivity index (χ2v) is 5.80. The Hall–Kier alpha value is -2.63. The van der Waals surface area contributed by atoms with Crippen LogP contribution < -0.4 is 11.0 Å². The smallest absolute Gasteiger partial charge is 0.295 e. The van der Waals surface area contributed by atoms with E-state index in [2.05, 4.69) is 5.32 Å². The normalized spacial score (nSPS) is 20.5. The first-order valence-corrected chi connectivity index (χ1v) is 7.32. The summed E-state index contributed by atoms with van der Waals surface area (Å²) < 4.78 is 3.23. The number of allylic oxidation sites excluding steroid dienone is 1. The van der Waals surface area contributed by atoms with Crippen LogP contribution in [0, 0.1) is 6.92 Å². The van der Waals surface area contributed by atoms with Crippen LogP contribution in [0.15, 0.2) is 23.0 Å². The molecule has 0 bridgehead atoms. The molecule has 4 rings (SSSR count). The molecule has 6 nitrogen and oxygen atoms in total. The Labute approximate surface area is 126 Å². The summed E-state index contributed by atoms with van der Waals surface area (Å²) in [4.78, 5) is 36.3. The van der Waals surface area contributed by atoms with Crippen molar-refractivity contribution in [2.24, 2.45) is 0 Å². The zero-order valence-corrected chi connectivity index (χ0v) is 12.1. The molecule has 1 atom stereocenters. The minimum Gasteiger partial charge on any atom is -0.295 e. The van der Waals surface area contributed by atoms with Gasteiger partial charge in [-0.3, -0.25) is 24.0 Å². The number of nitrogens with zero attached hydrogens (tertiary/aromatic N) is 2. The maximum atomic E-state index is 12.8. The van der Waals surface area contributed by atoms with Gasteiger partial charge in [0.2, 0.25) is 11.8 Å². The average molecular weight is 297 g/mol. The summed E-state index contributed by atoms with van der Waals surface area (Å²) in [5, 5.41) is 2.33. The van der Waals surface area contributed by atoms with Gasteiger partial charge in [-0.15, -0.1) is 0 Å². The number of carbonyl (C=O) groups excluding carboxylic acids is 2. The molecule has 0 radical (unpaired) electrons. The minimum absolute atomic E-state index is 0.194. The van der Waals surface area contributed by atoms with Gasteiger partial charge in [0.05, 0.1) is 11.0 Å². The number of amides is 2. The van der Waals surface area contributed by atoms with Gasteiger partial charge in [-0.2, -0.15) is 0 Å². The average Bonchev–Trinajstić information content (AvgIpc) is 2.78. The van der Waals surface area contributed by atoms with Crippen LogP contribution in [0.2, 0.25) is 0 Å². The molecule has 1 fully saturated rings. The van der Waals surface area contributed by atoms with Gasteiger partial charge in [0.15, 0.2) is 0 Å². The molecule has 0 aliphatic carbocycles. The summed E-state index contributed by atoms with van der Waals surface area (Å²) in [6.45, 7) is 2.51. The lowest BCUT2D eigenvalue weighted by Crippen LogP contribution is -2.44. The van der Waals surface area contributed by atoms with Gasteiger partial charge in [0.1, 0.15) is 6.04 Å². The molecule has 1 aromatic heterocycles. The predicted octanol–water partition coefficient (Wildman–Crippen LogP) is 1.12. The topological polar surface area (TPSA) is 73.1 Å². The van der Waals surface area contributed by atoms with Crippen LogP contribution in [-0.2, 0) is 16.1 Å². The lowest BCUT2D eigenvalue weighted by molar-refractivity contribution is -0.135. The Morgan fingerprint density at radius 2 is 2.05 bits per heavy atom. The van der Waals surface area contributed by atoms with E-state index in [4.69, 9.17) is 0 Å². The molecular formula is C16H15N3O3. The van der Waals surface area contributed by atoms with Crippen molar-refractivity contribution in [3.63, 3.8) is 0 Å². The molecule has 1 aromatic carbocycles. The first-order chi connectivity index (χ1) is 10.6. The summed E-state index contributed by atoms with van der Waals surface area (Å²) in [5.74, 6) is -0.674. The van der Waals surface area contributed by atoms with Crippen LogP contribution in [0.3, 0.4) is 0 Å². The Bertz CT molecular complexity index is 917. The first-order valence-electron chi connectivity index (χ1n) is 7.32. The predicted molar refractivity (Wildman–Crippen MR) is 81.4 cm³/mol. The van der Waals surface area contributed by atoms with Crippen LogP contribution >= 0.6 is 0 Å². The Kier molecular flexibility index (Phi) is 2.63. The number of imidazole rings is 1. The van der Waals surface area contributed by atoms with Gasteiger partial charge < -0.3 is 0 Å². The second-order valence-electron chi connectivity index (χ2n) is 5.80. The van der Waals surface area contributed by atoms with Gasteiger partial charge in [-0.25, -0.2) is 4.79 Å². The van der Waals surface area contributed by atoms with E-state index in [1.54, 1.807) is 4.57 Å². The number of nitrogens with one attached hydrogen (secondary N) is 1.